The van der Waals surface area contributed by atoms with Gasteiger partial charge in [-0.3, -0.25) is 0 Å². The monoisotopic (exact) mass is 290 g/mol. The average Bonchev–Trinajstić information content (AvgIpc) is 2.33. The summed E-state index contributed by atoms with van der Waals surface area (Å²) in [5, 5.41) is 4.24. The van der Waals surface area contributed by atoms with Gasteiger partial charge in [0.1, 0.15) is 6.61 Å². The van der Waals surface area contributed by atoms with Gasteiger partial charge in [-0.05, 0) is 45.7 Å². The third-order valence-electron chi connectivity index (χ3n) is 2.60. The van der Waals surface area contributed by atoms with E-state index in [2.05, 4.69) is 17.3 Å². The summed E-state index contributed by atoms with van der Waals surface area (Å²) in [7, 11) is 4.04. The van der Waals surface area contributed by atoms with Crippen LogP contribution >= 0.6 is 23.2 Å². The highest BCUT2D eigenvalue weighted by atomic mass is 35.5. The molecule has 0 aliphatic rings. The molecule has 0 bridgehead atoms. The number of benzene rings is 1. The SMILES string of the molecule is CNCCCN(C)CCOc1c(Cl)cccc1Cl. The minimum absolute atomic E-state index is 0.556. The standard InChI is InChI=1S/C13H20Cl2N2O/c1-16-7-4-8-17(2)9-10-18-13-11(14)5-3-6-12(13)15/h3,5-6,16H,4,7-10H2,1-2H3. The Morgan fingerprint density at radius 3 is 2.50 bits per heavy atom. The van der Waals surface area contributed by atoms with E-state index in [-0.39, 0.29) is 0 Å². The van der Waals surface area contributed by atoms with Gasteiger partial charge in [-0.2, -0.15) is 0 Å². The lowest BCUT2D eigenvalue weighted by atomic mass is 10.3. The van der Waals surface area contributed by atoms with Gasteiger partial charge in [-0.1, -0.05) is 29.3 Å². The lowest BCUT2D eigenvalue weighted by Crippen LogP contribution is -2.27. The molecule has 0 aliphatic carbocycles. The topological polar surface area (TPSA) is 24.5 Å². The Labute approximate surface area is 119 Å². The van der Waals surface area contributed by atoms with Crippen LogP contribution in [0.1, 0.15) is 6.42 Å². The van der Waals surface area contributed by atoms with Crippen molar-refractivity contribution in [2.45, 2.75) is 6.42 Å². The molecule has 0 saturated heterocycles. The van der Waals surface area contributed by atoms with Gasteiger partial charge in [0.05, 0.1) is 10.0 Å². The Morgan fingerprint density at radius 2 is 1.89 bits per heavy atom. The van der Waals surface area contributed by atoms with Crippen LogP contribution in [0.2, 0.25) is 10.0 Å². The summed E-state index contributed by atoms with van der Waals surface area (Å²) in [4.78, 5) is 2.22. The molecule has 1 aromatic rings. The molecule has 18 heavy (non-hydrogen) atoms. The van der Waals surface area contributed by atoms with Crippen LogP contribution in [0.3, 0.4) is 0 Å². The third kappa shape index (κ3) is 5.44. The summed E-state index contributed by atoms with van der Waals surface area (Å²) < 4.78 is 5.62. The lowest BCUT2D eigenvalue weighted by Gasteiger charge is -2.17. The third-order valence-corrected chi connectivity index (χ3v) is 3.20. The summed E-state index contributed by atoms with van der Waals surface area (Å²) in [6.45, 7) is 3.51. The van der Waals surface area contributed by atoms with E-state index in [9.17, 15) is 0 Å². The van der Waals surface area contributed by atoms with E-state index in [1.54, 1.807) is 18.2 Å². The van der Waals surface area contributed by atoms with Crippen molar-refractivity contribution in [3.05, 3.63) is 28.2 Å². The zero-order valence-corrected chi connectivity index (χ0v) is 12.4. The van der Waals surface area contributed by atoms with Gasteiger partial charge in [0.25, 0.3) is 0 Å². The summed E-state index contributed by atoms with van der Waals surface area (Å²) >= 11 is 12.0. The zero-order chi connectivity index (χ0) is 13.4. The Bertz CT molecular complexity index is 341. The Morgan fingerprint density at radius 1 is 1.22 bits per heavy atom. The number of nitrogens with one attached hydrogen (secondary N) is 1. The number of likely N-dealkylation sites (N-methyl/N-ethyl adjacent to an activating group) is 1. The van der Waals surface area contributed by atoms with E-state index in [4.69, 9.17) is 27.9 Å². The van der Waals surface area contributed by atoms with Gasteiger partial charge < -0.3 is 15.0 Å². The summed E-state index contributed by atoms with van der Waals surface area (Å²) in [5.41, 5.74) is 0. The summed E-state index contributed by atoms with van der Waals surface area (Å²) in [6.07, 6.45) is 1.12. The largest absolute Gasteiger partial charge is 0.489 e. The molecule has 0 unspecified atom stereocenters. The predicted molar refractivity (Wildman–Crippen MR) is 78.0 cm³/mol. The number of hydrogen-bond donors (Lipinski definition) is 1. The predicted octanol–water partition coefficient (Wildman–Crippen LogP) is 2.91. The van der Waals surface area contributed by atoms with Crippen LogP contribution in [0, 0.1) is 0 Å². The average molecular weight is 291 g/mol. The molecule has 5 heteroatoms. The van der Waals surface area contributed by atoms with Crippen LogP contribution < -0.4 is 10.1 Å². The molecule has 0 saturated carbocycles. The smallest absolute Gasteiger partial charge is 0.156 e. The highest BCUT2D eigenvalue weighted by molar-refractivity contribution is 6.37. The molecule has 0 heterocycles. The maximum Gasteiger partial charge on any atom is 0.156 e. The maximum absolute atomic E-state index is 6.02. The lowest BCUT2D eigenvalue weighted by molar-refractivity contribution is 0.236. The number of para-hydroxylation sites is 1. The van der Waals surface area contributed by atoms with E-state index in [1.807, 2.05) is 7.05 Å². The first-order valence-electron chi connectivity index (χ1n) is 6.05. The number of nitrogens with zero attached hydrogens (tertiary/aromatic N) is 1. The highest BCUT2D eigenvalue weighted by Gasteiger charge is 2.06. The van der Waals surface area contributed by atoms with E-state index in [1.165, 1.54) is 0 Å². The van der Waals surface area contributed by atoms with Crippen molar-refractivity contribution in [1.82, 2.24) is 10.2 Å². The van der Waals surface area contributed by atoms with Crippen LogP contribution in [0.25, 0.3) is 0 Å². The van der Waals surface area contributed by atoms with Crippen molar-refractivity contribution in [3.63, 3.8) is 0 Å². The van der Waals surface area contributed by atoms with Crippen LogP contribution in [0.4, 0.5) is 0 Å². The molecule has 0 radical (unpaired) electrons. The fourth-order valence-electron chi connectivity index (χ4n) is 1.56. The van der Waals surface area contributed by atoms with Crippen LogP contribution in [-0.4, -0.2) is 45.2 Å². The zero-order valence-electron chi connectivity index (χ0n) is 10.9. The van der Waals surface area contributed by atoms with Crippen LogP contribution in [-0.2, 0) is 0 Å². The number of halogens is 2. The number of hydrogen-bond acceptors (Lipinski definition) is 3. The van der Waals surface area contributed by atoms with Crippen molar-refractivity contribution >= 4 is 23.2 Å². The fraction of sp³-hybridized carbons (Fsp3) is 0.538. The van der Waals surface area contributed by atoms with Crippen molar-refractivity contribution in [2.75, 3.05) is 40.3 Å². The first-order valence-corrected chi connectivity index (χ1v) is 6.80. The second-order valence-corrected chi connectivity index (χ2v) is 4.97. The Balaban J connectivity index is 2.29. The van der Waals surface area contributed by atoms with E-state index in [0.29, 0.717) is 22.4 Å². The van der Waals surface area contributed by atoms with Crippen molar-refractivity contribution in [1.29, 1.82) is 0 Å². The Kier molecular flexibility index (Phi) is 7.44. The summed E-state index contributed by atoms with van der Waals surface area (Å²) in [5.74, 6) is 0.574. The molecular formula is C13H20Cl2N2O. The molecule has 0 aromatic heterocycles. The number of rotatable bonds is 8. The maximum atomic E-state index is 6.02. The molecule has 0 atom stereocenters. The van der Waals surface area contributed by atoms with Gasteiger partial charge in [-0.25, -0.2) is 0 Å². The molecule has 1 aromatic carbocycles. The van der Waals surface area contributed by atoms with E-state index >= 15 is 0 Å². The fourth-order valence-corrected chi connectivity index (χ4v) is 2.07. The number of ether oxygens (including phenoxy) is 1. The van der Waals surface area contributed by atoms with Gasteiger partial charge in [0.15, 0.2) is 5.75 Å². The quantitative estimate of drug-likeness (QED) is 0.745. The first kappa shape index (κ1) is 15.6. The van der Waals surface area contributed by atoms with Crippen molar-refractivity contribution in [3.8, 4) is 5.75 Å². The second-order valence-electron chi connectivity index (χ2n) is 4.16. The molecular weight excluding hydrogens is 271 g/mol. The molecule has 0 amide bonds. The molecule has 0 spiro atoms. The minimum atomic E-state index is 0.556. The van der Waals surface area contributed by atoms with E-state index < -0.39 is 0 Å². The minimum Gasteiger partial charge on any atom is -0.489 e. The summed E-state index contributed by atoms with van der Waals surface area (Å²) in [6, 6.07) is 5.36. The van der Waals surface area contributed by atoms with Gasteiger partial charge in [-0.15, -0.1) is 0 Å². The molecule has 102 valence electrons. The second kappa shape index (κ2) is 8.59. The highest BCUT2D eigenvalue weighted by Crippen LogP contribution is 2.32. The molecule has 0 aliphatic heterocycles. The normalized spacial score (nSPS) is 10.9. The van der Waals surface area contributed by atoms with Crippen molar-refractivity contribution in [2.24, 2.45) is 0 Å². The Hall–Kier alpha value is -0.480. The van der Waals surface area contributed by atoms with Gasteiger partial charge in [0, 0.05) is 6.54 Å². The van der Waals surface area contributed by atoms with E-state index in [0.717, 1.165) is 26.1 Å². The molecule has 0 fully saturated rings. The molecule has 1 N–H and O–H groups in total. The first-order chi connectivity index (χ1) is 8.65. The van der Waals surface area contributed by atoms with Gasteiger partial charge in [0.2, 0.25) is 0 Å². The van der Waals surface area contributed by atoms with Crippen LogP contribution in [0.5, 0.6) is 5.75 Å². The van der Waals surface area contributed by atoms with Gasteiger partial charge >= 0.3 is 0 Å². The molecule has 1 rings (SSSR count). The van der Waals surface area contributed by atoms with Crippen LogP contribution in [0.15, 0.2) is 18.2 Å². The van der Waals surface area contributed by atoms with Crippen molar-refractivity contribution < 1.29 is 4.74 Å². The molecule has 3 nitrogen and oxygen atoms in total.